The molecule has 0 aromatic rings. The van der Waals surface area contributed by atoms with E-state index in [1.807, 2.05) is 14.1 Å². The Morgan fingerprint density at radius 3 is 2.58 bits per heavy atom. The van der Waals surface area contributed by atoms with Gasteiger partial charge in [-0.15, -0.1) is 0 Å². The van der Waals surface area contributed by atoms with Crippen LogP contribution in [0.4, 0.5) is 0 Å². The van der Waals surface area contributed by atoms with E-state index in [0.717, 1.165) is 6.54 Å². The normalized spacial score (nSPS) is 15.3. The predicted molar refractivity (Wildman–Crippen MR) is 55.8 cm³/mol. The predicted octanol–water partition coefficient (Wildman–Crippen LogP) is 1.85. The Hall–Kier alpha value is 0.240. The molecular weight excluding hydrogens is 195 g/mol. The van der Waals surface area contributed by atoms with Crippen LogP contribution >= 0.6 is 23.2 Å². The second-order valence-corrected chi connectivity index (χ2v) is 3.80. The average Bonchev–Trinajstić information content (AvgIpc) is 1.99. The van der Waals surface area contributed by atoms with Gasteiger partial charge in [0.1, 0.15) is 0 Å². The molecule has 0 amide bonds. The first-order chi connectivity index (χ1) is 5.56. The van der Waals surface area contributed by atoms with Crippen molar-refractivity contribution in [1.29, 1.82) is 0 Å². The number of nitrogens with zero attached hydrogens (tertiary/aromatic N) is 1. The summed E-state index contributed by atoms with van der Waals surface area (Å²) in [4.78, 5) is 2.12. The van der Waals surface area contributed by atoms with Crippen molar-refractivity contribution in [3.63, 3.8) is 0 Å². The average molecular weight is 211 g/mol. The van der Waals surface area contributed by atoms with Gasteiger partial charge in [-0.1, -0.05) is 23.2 Å². The third-order valence-electron chi connectivity index (χ3n) is 1.38. The third kappa shape index (κ3) is 6.92. The van der Waals surface area contributed by atoms with Crippen LogP contribution in [0.25, 0.3) is 0 Å². The van der Waals surface area contributed by atoms with Crippen LogP contribution in [0.15, 0.2) is 10.6 Å². The highest BCUT2D eigenvalue weighted by Crippen LogP contribution is 2.00. The van der Waals surface area contributed by atoms with Crippen LogP contribution in [0.2, 0.25) is 0 Å². The molecule has 0 aromatic heterocycles. The number of nitrogens with one attached hydrogen (secondary N) is 1. The van der Waals surface area contributed by atoms with Crippen LogP contribution in [0.1, 0.15) is 6.92 Å². The lowest BCUT2D eigenvalue weighted by Crippen LogP contribution is -2.36. The highest BCUT2D eigenvalue weighted by atomic mass is 35.5. The van der Waals surface area contributed by atoms with Gasteiger partial charge in [0.2, 0.25) is 0 Å². The monoisotopic (exact) mass is 210 g/mol. The highest BCUT2D eigenvalue weighted by Gasteiger charge is 2.02. The molecule has 0 bridgehead atoms. The van der Waals surface area contributed by atoms with Crippen molar-refractivity contribution in [2.24, 2.45) is 0 Å². The van der Waals surface area contributed by atoms with Gasteiger partial charge >= 0.3 is 0 Å². The molecule has 1 atom stereocenters. The standard InChI is InChI=1S/C8H16Cl2N2/c1-7(6-12(2)3)11-5-8(10)4-9/h4,7,11H,5-6H2,1-3H3. The first-order valence-corrected chi connectivity index (χ1v) is 4.70. The fourth-order valence-electron chi connectivity index (χ4n) is 0.923. The molecule has 72 valence electrons. The second-order valence-electron chi connectivity index (χ2n) is 3.10. The van der Waals surface area contributed by atoms with Crippen LogP contribution < -0.4 is 5.32 Å². The number of likely N-dealkylation sites (N-methyl/N-ethyl adjacent to an activating group) is 1. The molecule has 2 nitrogen and oxygen atoms in total. The van der Waals surface area contributed by atoms with Gasteiger partial charge in [-0.05, 0) is 21.0 Å². The van der Waals surface area contributed by atoms with E-state index >= 15 is 0 Å². The SMILES string of the molecule is CC(CN(C)C)NCC(Cl)=CCl. The van der Waals surface area contributed by atoms with Crippen molar-refractivity contribution >= 4 is 23.2 Å². The molecule has 0 aliphatic rings. The zero-order valence-corrected chi connectivity index (χ0v) is 9.28. The zero-order valence-electron chi connectivity index (χ0n) is 7.77. The largest absolute Gasteiger partial charge is 0.308 e. The van der Waals surface area contributed by atoms with Crippen molar-refractivity contribution in [1.82, 2.24) is 10.2 Å². The van der Waals surface area contributed by atoms with Crippen LogP contribution in [0.3, 0.4) is 0 Å². The topological polar surface area (TPSA) is 15.3 Å². The first-order valence-electron chi connectivity index (χ1n) is 3.89. The molecule has 0 aliphatic carbocycles. The summed E-state index contributed by atoms with van der Waals surface area (Å²) in [5.41, 5.74) is 1.39. The molecule has 0 saturated carbocycles. The third-order valence-corrected chi connectivity index (χ3v) is 1.99. The minimum Gasteiger partial charge on any atom is -0.308 e. The summed E-state index contributed by atoms with van der Waals surface area (Å²) in [5.74, 6) is 0. The number of halogens is 2. The maximum atomic E-state index is 5.70. The minimum absolute atomic E-state index is 0.422. The quantitative estimate of drug-likeness (QED) is 0.746. The number of hydrogen-bond donors (Lipinski definition) is 1. The minimum atomic E-state index is 0.422. The fraction of sp³-hybridized carbons (Fsp3) is 0.750. The Kier molecular flexibility index (Phi) is 6.86. The Bertz CT molecular complexity index is 146. The fourth-order valence-corrected chi connectivity index (χ4v) is 1.08. The summed E-state index contributed by atoms with van der Waals surface area (Å²) in [6, 6.07) is 0.422. The van der Waals surface area contributed by atoms with E-state index in [-0.39, 0.29) is 0 Å². The molecule has 0 aliphatic heterocycles. The molecule has 0 rings (SSSR count). The summed E-state index contributed by atoms with van der Waals surface area (Å²) in [7, 11) is 4.08. The van der Waals surface area contributed by atoms with E-state index < -0.39 is 0 Å². The van der Waals surface area contributed by atoms with Crippen molar-refractivity contribution in [3.05, 3.63) is 10.6 Å². The van der Waals surface area contributed by atoms with Gasteiger partial charge in [0, 0.05) is 29.7 Å². The zero-order chi connectivity index (χ0) is 9.56. The second kappa shape index (κ2) is 6.72. The Morgan fingerprint density at radius 1 is 1.58 bits per heavy atom. The molecule has 0 heterocycles. The molecule has 0 fully saturated rings. The van der Waals surface area contributed by atoms with E-state index in [9.17, 15) is 0 Å². The van der Waals surface area contributed by atoms with Gasteiger partial charge in [-0.2, -0.15) is 0 Å². The van der Waals surface area contributed by atoms with Gasteiger partial charge in [-0.25, -0.2) is 0 Å². The first kappa shape index (κ1) is 12.2. The molecule has 1 N–H and O–H groups in total. The Labute approximate surface area is 84.5 Å². The molecule has 0 spiro atoms. The van der Waals surface area contributed by atoms with Crippen molar-refractivity contribution in [2.75, 3.05) is 27.2 Å². The summed E-state index contributed by atoms with van der Waals surface area (Å²) in [6.45, 7) is 3.74. The maximum absolute atomic E-state index is 5.70. The van der Waals surface area contributed by atoms with Gasteiger partial charge in [0.05, 0.1) is 0 Å². The summed E-state index contributed by atoms with van der Waals surface area (Å²) < 4.78 is 0. The molecule has 1 unspecified atom stereocenters. The van der Waals surface area contributed by atoms with Crippen molar-refractivity contribution < 1.29 is 0 Å². The Morgan fingerprint density at radius 2 is 2.17 bits per heavy atom. The Balaban J connectivity index is 3.50. The lowest BCUT2D eigenvalue weighted by molar-refractivity contribution is 0.355. The van der Waals surface area contributed by atoms with E-state index in [1.165, 1.54) is 5.54 Å². The van der Waals surface area contributed by atoms with Gasteiger partial charge in [0.25, 0.3) is 0 Å². The molecule has 12 heavy (non-hydrogen) atoms. The van der Waals surface area contributed by atoms with Crippen LogP contribution in [0.5, 0.6) is 0 Å². The highest BCUT2D eigenvalue weighted by molar-refractivity contribution is 6.36. The van der Waals surface area contributed by atoms with Crippen LogP contribution in [-0.4, -0.2) is 38.1 Å². The van der Waals surface area contributed by atoms with E-state index in [4.69, 9.17) is 23.2 Å². The van der Waals surface area contributed by atoms with E-state index in [2.05, 4.69) is 17.1 Å². The van der Waals surface area contributed by atoms with Gasteiger partial charge < -0.3 is 10.2 Å². The summed E-state index contributed by atoms with van der Waals surface area (Å²) in [6.07, 6.45) is 0. The number of rotatable bonds is 5. The molecule has 0 saturated heterocycles. The molecule has 4 heteroatoms. The van der Waals surface area contributed by atoms with Crippen LogP contribution in [-0.2, 0) is 0 Å². The lowest BCUT2D eigenvalue weighted by Gasteiger charge is -2.17. The smallest absolute Gasteiger partial charge is 0.0432 e. The van der Waals surface area contributed by atoms with Gasteiger partial charge in [-0.3, -0.25) is 0 Å². The van der Waals surface area contributed by atoms with E-state index in [0.29, 0.717) is 17.6 Å². The van der Waals surface area contributed by atoms with Crippen molar-refractivity contribution in [3.8, 4) is 0 Å². The molecule has 0 radical (unpaired) electrons. The molecular formula is C8H16Cl2N2. The van der Waals surface area contributed by atoms with E-state index in [1.54, 1.807) is 0 Å². The summed E-state index contributed by atoms with van der Waals surface area (Å²) >= 11 is 11.1. The maximum Gasteiger partial charge on any atom is 0.0432 e. The molecule has 0 aromatic carbocycles. The lowest BCUT2D eigenvalue weighted by atomic mass is 10.3. The van der Waals surface area contributed by atoms with Gasteiger partial charge in [0.15, 0.2) is 0 Å². The summed E-state index contributed by atoms with van der Waals surface area (Å²) in [5, 5.41) is 3.88. The van der Waals surface area contributed by atoms with Crippen LogP contribution in [0, 0.1) is 0 Å². The van der Waals surface area contributed by atoms with Crippen molar-refractivity contribution in [2.45, 2.75) is 13.0 Å². The number of hydrogen-bond acceptors (Lipinski definition) is 2.